The summed E-state index contributed by atoms with van der Waals surface area (Å²) in [5, 5.41) is 3.46. The fourth-order valence-corrected chi connectivity index (χ4v) is 1.89. The number of ether oxygens (including phenoxy) is 2. The average molecular weight is 230 g/mol. The van der Waals surface area contributed by atoms with E-state index in [-0.39, 0.29) is 0 Å². The number of methoxy groups -OCH3 is 1. The zero-order valence-corrected chi connectivity index (χ0v) is 10.7. The molecule has 1 saturated heterocycles. The smallest absolute Gasteiger partial charge is 0.0589 e. The summed E-state index contributed by atoms with van der Waals surface area (Å²) in [4.78, 5) is 2.28. The van der Waals surface area contributed by atoms with Crippen LogP contribution in [0.5, 0.6) is 0 Å². The zero-order chi connectivity index (χ0) is 11.6. The molecule has 96 valence electrons. The van der Waals surface area contributed by atoms with Gasteiger partial charge in [0.15, 0.2) is 0 Å². The molecule has 1 fully saturated rings. The normalized spacial score (nSPS) is 20.8. The molecule has 1 N–H and O–H groups in total. The molecule has 0 spiro atoms. The van der Waals surface area contributed by atoms with Crippen molar-refractivity contribution in [1.82, 2.24) is 10.2 Å². The molecule has 16 heavy (non-hydrogen) atoms. The van der Waals surface area contributed by atoms with E-state index >= 15 is 0 Å². The third-order valence-electron chi connectivity index (χ3n) is 3.01. The van der Waals surface area contributed by atoms with Crippen molar-refractivity contribution in [3.63, 3.8) is 0 Å². The predicted octanol–water partition coefficient (Wildman–Crippen LogP) is 0.723. The Morgan fingerprint density at radius 2 is 2.25 bits per heavy atom. The van der Waals surface area contributed by atoms with Crippen molar-refractivity contribution in [1.29, 1.82) is 0 Å². The monoisotopic (exact) mass is 230 g/mol. The van der Waals surface area contributed by atoms with Crippen LogP contribution >= 0.6 is 0 Å². The summed E-state index contributed by atoms with van der Waals surface area (Å²) >= 11 is 0. The topological polar surface area (TPSA) is 33.7 Å². The lowest BCUT2D eigenvalue weighted by atomic mass is 10.2. The summed E-state index contributed by atoms with van der Waals surface area (Å²) in [6.45, 7) is 5.98. The largest absolute Gasteiger partial charge is 0.383 e. The fraction of sp³-hybridized carbons (Fsp3) is 1.00. The average Bonchev–Trinajstić information content (AvgIpc) is 2.79. The van der Waals surface area contributed by atoms with E-state index in [9.17, 15) is 0 Å². The molecule has 4 heteroatoms. The first-order chi connectivity index (χ1) is 7.83. The minimum atomic E-state index is 0.513. The van der Waals surface area contributed by atoms with Gasteiger partial charge in [-0.25, -0.2) is 0 Å². The van der Waals surface area contributed by atoms with Crippen LogP contribution in [-0.4, -0.2) is 64.6 Å². The van der Waals surface area contributed by atoms with Gasteiger partial charge in [0.05, 0.1) is 12.7 Å². The van der Waals surface area contributed by atoms with Gasteiger partial charge in [-0.15, -0.1) is 0 Å². The Bertz CT molecular complexity index is 161. The predicted molar refractivity (Wildman–Crippen MR) is 65.8 cm³/mol. The molecule has 0 amide bonds. The van der Waals surface area contributed by atoms with Crippen LogP contribution in [0.25, 0.3) is 0 Å². The van der Waals surface area contributed by atoms with E-state index < -0.39 is 0 Å². The third-order valence-corrected chi connectivity index (χ3v) is 3.01. The molecule has 1 rings (SSSR count). The molecular formula is C12H26N2O2. The first kappa shape index (κ1) is 13.9. The zero-order valence-electron chi connectivity index (χ0n) is 10.7. The molecule has 1 heterocycles. The number of likely N-dealkylation sites (N-methyl/N-ethyl adjacent to an activating group) is 1. The van der Waals surface area contributed by atoms with E-state index in [4.69, 9.17) is 9.47 Å². The van der Waals surface area contributed by atoms with E-state index in [1.54, 1.807) is 7.11 Å². The number of hydrogen-bond acceptors (Lipinski definition) is 4. The van der Waals surface area contributed by atoms with E-state index in [0.717, 1.165) is 45.8 Å². The van der Waals surface area contributed by atoms with Crippen molar-refractivity contribution in [2.75, 3.05) is 53.6 Å². The van der Waals surface area contributed by atoms with Gasteiger partial charge in [0.25, 0.3) is 0 Å². The van der Waals surface area contributed by atoms with Gasteiger partial charge in [0.1, 0.15) is 0 Å². The Morgan fingerprint density at radius 1 is 1.38 bits per heavy atom. The molecule has 1 atom stereocenters. The Labute approximate surface area is 99.3 Å². The minimum absolute atomic E-state index is 0.513. The molecule has 0 radical (unpaired) electrons. The second-order valence-corrected chi connectivity index (χ2v) is 4.47. The van der Waals surface area contributed by atoms with E-state index in [1.165, 1.54) is 12.8 Å². The van der Waals surface area contributed by atoms with Gasteiger partial charge >= 0.3 is 0 Å². The Hall–Kier alpha value is -0.160. The molecule has 0 saturated carbocycles. The number of nitrogens with one attached hydrogen (secondary N) is 1. The highest BCUT2D eigenvalue weighted by Crippen LogP contribution is 2.14. The van der Waals surface area contributed by atoms with E-state index in [1.807, 2.05) is 0 Å². The van der Waals surface area contributed by atoms with Crippen molar-refractivity contribution in [2.24, 2.45) is 0 Å². The SMILES string of the molecule is COCCN(C)CCNCCC1CCCO1. The van der Waals surface area contributed by atoms with Crippen molar-refractivity contribution in [3.8, 4) is 0 Å². The summed E-state index contributed by atoms with van der Waals surface area (Å²) in [5.74, 6) is 0. The Balaban J connectivity index is 1.83. The summed E-state index contributed by atoms with van der Waals surface area (Å²) in [6.07, 6.45) is 4.15. The number of hydrogen-bond donors (Lipinski definition) is 1. The first-order valence-electron chi connectivity index (χ1n) is 6.32. The van der Waals surface area contributed by atoms with Crippen LogP contribution in [0.2, 0.25) is 0 Å². The van der Waals surface area contributed by atoms with Crippen LogP contribution < -0.4 is 5.32 Å². The lowest BCUT2D eigenvalue weighted by Crippen LogP contribution is -2.32. The summed E-state index contributed by atoms with van der Waals surface area (Å²) in [7, 11) is 3.87. The van der Waals surface area contributed by atoms with Crippen LogP contribution in [-0.2, 0) is 9.47 Å². The highest BCUT2D eigenvalue weighted by Gasteiger charge is 2.14. The maximum atomic E-state index is 5.57. The van der Waals surface area contributed by atoms with Gasteiger partial charge < -0.3 is 19.7 Å². The second-order valence-electron chi connectivity index (χ2n) is 4.47. The molecule has 4 nitrogen and oxygen atoms in total. The molecule has 0 bridgehead atoms. The molecule has 1 aliphatic rings. The van der Waals surface area contributed by atoms with E-state index in [2.05, 4.69) is 17.3 Å². The lowest BCUT2D eigenvalue weighted by molar-refractivity contribution is 0.104. The molecule has 0 aromatic heterocycles. The van der Waals surface area contributed by atoms with Crippen LogP contribution in [0.1, 0.15) is 19.3 Å². The van der Waals surface area contributed by atoms with Crippen LogP contribution in [0.4, 0.5) is 0 Å². The molecule has 0 aromatic rings. The van der Waals surface area contributed by atoms with Gasteiger partial charge in [-0.1, -0.05) is 0 Å². The van der Waals surface area contributed by atoms with Gasteiger partial charge in [-0.2, -0.15) is 0 Å². The van der Waals surface area contributed by atoms with Gasteiger partial charge in [-0.3, -0.25) is 0 Å². The summed E-state index contributed by atoms with van der Waals surface area (Å²) < 4.78 is 10.6. The molecule has 0 aromatic carbocycles. The highest BCUT2D eigenvalue weighted by atomic mass is 16.5. The quantitative estimate of drug-likeness (QED) is 0.592. The molecule has 1 unspecified atom stereocenters. The van der Waals surface area contributed by atoms with Crippen LogP contribution in [0.15, 0.2) is 0 Å². The molecule has 1 aliphatic heterocycles. The Kier molecular flexibility index (Phi) is 7.76. The first-order valence-corrected chi connectivity index (χ1v) is 6.32. The third kappa shape index (κ3) is 6.43. The molecule has 0 aliphatic carbocycles. The van der Waals surface area contributed by atoms with Crippen molar-refractivity contribution in [2.45, 2.75) is 25.4 Å². The molecular weight excluding hydrogens is 204 g/mol. The fourth-order valence-electron chi connectivity index (χ4n) is 1.89. The van der Waals surface area contributed by atoms with Crippen molar-refractivity contribution in [3.05, 3.63) is 0 Å². The summed E-state index contributed by atoms with van der Waals surface area (Å²) in [5.41, 5.74) is 0. The van der Waals surface area contributed by atoms with Crippen molar-refractivity contribution < 1.29 is 9.47 Å². The second kappa shape index (κ2) is 8.93. The lowest BCUT2D eigenvalue weighted by Gasteiger charge is -2.16. The van der Waals surface area contributed by atoms with E-state index in [0.29, 0.717) is 6.10 Å². The van der Waals surface area contributed by atoms with Gasteiger partial charge in [-0.05, 0) is 32.9 Å². The maximum absolute atomic E-state index is 5.57. The van der Waals surface area contributed by atoms with Gasteiger partial charge in [0, 0.05) is 33.4 Å². The number of nitrogens with zero attached hydrogens (tertiary/aromatic N) is 1. The highest BCUT2D eigenvalue weighted by molar-refractivity contribution is 4.66. The van der Waals surface area contributed by atoms with Crippen molar-refractivity contribution >= 4 is 0 Å². The Morgan fingerprint density at radius 3 is 2.94 bits per heavy atom. The van der Waals surface area contributed by atoms with Crippen LogP contribution in [0.3, 0.4) is 0 Å². The standard InChI is InChI=1S/C12H26N2O2/c1-14(9-11-15-2)8-7-13-6-5-12-4-3-10-16-12/h12-13H,3-11H2,1-2H3. The summed E-state index contributed by atoms with van der Waals surface area (Å²) in [6, 6.07) is 0. The maximum Gasteiger partial charge on any atom is 0.0589 e. The number of rotatable bonds is 9. The van der Waals surface area contributed by atoms with Crippen LogP contribution in [0, 0.1) is 0 Å². The minimum Gasteiger partial charge on any atom is -0.383 e. The van der Waals surface area contributed by atoms with Gasteiger partial charge in [0.2, 0.25) is 0 Å².